The number of piperidine rings is 1. The van der Waals surface area contributed by atoms with Gasteiger partial charge in [-0.1, -0.05) is 11.6 Å². The summed E-state index contributed by atoms with van der Waals surface area (Å²) in [5, 5.41) is 3.59. The van der Waals surface area contributed by atoms with Gasteiger partial charge in [0, 0.05) is 37.0 Å². The van der Waals surface area contributed by atoms with Gasteiger partial charge in [-0.25, -0.2) is 0 Å². The number of nitrogen functional groups attached to an aromatic ring is 1. The molecule has 3 saturated heterocycles. The average Bonchev–Trinajstić information content (AvgIpc) is 2.86. The van der Waals surface area contributed by atoms with E-state index in [-0.39, 0.29) is 30.5 Å². The van der Waals surface area contributed by atoms with Gasteiger partial charge in [0.25, 0.3) is 5.91 Å². The molecule has 0 aliphatic carbocycles. The Kier molecular flexibility index (Phi) is 6.97. The highest BCUT2D eigenvalue weighted by Crippen LogP contribution is 2.35. The van der Waals surface area contributed by atoms with Crippen LogP contribution in [0.2, 0.25) is 5.02 Å². The number of rotatable bonds is 4. The van der Waals surface area contributed by atoms with Crippen molar-refractivity contribution in [3.8, 4) is 5.75 Å². The van der Waals surface area contributed by atoms with Crippen LogP contribution in [0.15, 0.2) is 12.1 Å². The molecule has 4 rings (SSSR count). The van der Waals surface area contributed by atoms with Gasteiger partial charge in [0.2, 0.25) is 0 Å². The van der Waals surface area contributed by atoms with Crippen molar-refractivity contribution in [3.63, 3.8) is 0 Å². The Labute approximate surface area is 177 Å². The number of carbonyl (C=O) groups is 1. The number of ether oxygens (including phenoxy) is 2. The van der Waals surface area contributed by atoms with Crippen molar-refractivity contribution < 1.29 is 14.3 Å². The molecule has 3 fully saturated rings. The molecule has 8 heteroatoms. The molecular formula is C20H29Cl2N3O3. The molecular weight excluding hydrogens is 401 g/mol. The second kappa shape index (κ2) is 9.08. The lowest BCUT2D eigenvalue weighted by Crippen LogP contribution is -2.48. The number of fused-ring (bicyclic) bond motifs is 2. The second-order valence-electron chi connectivity index (χ2n) is 7.99. The highest BCUT2D eigenvalue weighted by Gasteiger charge is 2.39. The van der Waals surface area contributed by atoms with Crippen molar-refractivity contribution in [2.75, 3.05) is 26.0 Å². The Bertz CT molecular complexity index is 698. The highest BCUT2D eigenvalue weighted by molar-refractivity contribution is 6.33. The number of nitrogens with two attached hydrogens (primary N) is 1. The van der Waals surface area contributed by atoms with E-state index in [2.05, 4.69) is 17.3 Å². The maximum atomic E-state index is 13.0. The number of amides is 1. The maximum absolute atomic E-state index is 13.0. The summed E-state index contributed by atoms with van der Waals surface area (Å²) < 4.78 is 11.5. The SMILES string of the molecule is CN1C2CCC1CC(NC(=O)c1cc(Cl)c(N)cc1OC1CCOCC1)C2.Cl. The number of nitrogens with zero attached hydrogens (tertiary/aromatic N) is 1. The molecule has 3 heterocycles. The molecule has 6 nitrogen and oxygen atoms in total. The number of nitrogens with one attached hydrogen (secondary N) is 1. The molecule has 28 heavy (non-hydrogen) atoms. The largest absolute Gasteiger partial charge is 0.489 e. The molecule has 0 radical (unpaired) electrons. The normalized spacial score (nSPS) is 27.9. The predicted molar refractivity (Wildman–Crippen MR) is 113 cm³/mol. The first-order valence-corrected chi connectivity index (χ1v) is 10.2. The fourth-order valence-corrected chi connectivity index (χ4v) is 4.77. The summed E-state index contributed by atoms with van der Waals surface area (Å²) in [6.45, 7) is 1.35. The monoisotopic (exact) mass is 429 g/mol. The lowest BCUT2D eigenvalue weighted by atomic mass is 9.97. The lowest BCUT2D eigenvalue weighted by molar-refractivity contribution is 0.0252. The van der Waals surface area contributed by atoms with E-state index >= 15 is 0 Å². The van der Waals surface area contributed by atoms with Crippen molar-refractivity contribution in [2.45, 2.75) is 62.8 Å². The minimum atomic E-state index is -0.132. The van der Waals surface area contributed by atoms with E-state index in [1.807, 2.05) is 0 Å². The van der Waals surface area contributed by atoms with E-state index < -0.39 is 0 Å². The fourth-order valence-electron chi connectivity index (χ4n) is 4.61. The zero-order valence-corrected chi connectivity index (χ0v) is 17.7. The van der Waals surface area contributed by atoms with Crippen LogP contribution in [0.1, 0.15) is 48.9 Å². The van der Waals surface area contributed by atoms with Crippen molar-refractivity contribution in [3.05, 3.63) is 22.7 Å². The molecule has 1 aromatic carbocycles. The summed E-state index contributed by atoms with van der Waals surface area (Å²) in [6, 6.07) is 4.64. The van der Waals surface area contributed by atoms with Crippen LogP contribution in [0, 0.1) is 0 Å². The molecule has 3 aliphatic rings. The minimum absolute atomic E-state index is 0. The van der Waals surface area contributed by atoms with Gasteiger partial charge >= 0.3 is 0 Å². The van der Waals surface area contributed by atoms with Gasteiger partial charge < -0.3 is 25.4 Å². The zero-order valence-electron chi connectivity index (χ0n) is 16.2. The summed E-state index contributed by atoms with van der Waals surface area (Å²) in [7, 11) is 2.19. The van der Waals surface area contributed by atoms with Crippen molar-refractivity contribution in [2.24, 2.45) is 0 Å². The first-order valence-electron chi connectivity index (χ1n) is 9.87. The van der Waals surface area contributed by atoms with Crippen molar-refractivity contribution in [1.82, 2.24) is 10.2 Å². The smallest absolute Gasteiger partial charge is 0.255 e. The van der Waals surface area contributed by atoms with E-state index in [1.54, 1.807) is 12.1 Å². The quantitative estimate of drug-likeness (QED) is 0.718. The third-order valence-electron chi connectivity index (χ3n) is 6.24. The van der Waals surface area contributed by atoms with Gasteiger partial charge in [0.15, 0.2) is 0 Å². The van der Waals surface area contributed by atoms with Crippen LogP contribution in [0.3, 0.4) is 0 Å². The number of carbonyl (C=O) groups excluding carboxylic acids is 1. The standard InChI is InChI=1S/C20H28ClN3O3.ClH/c1-24-13-2-3-14(24)9-12(8-13)23-20(25)16-10-17(21)18(22)11-19(16)27-15-4-6-26-7-5-15;/h10-15H,2-9,22H2,1H3,(H,23,25);1H. The van der Waals surface area contributed by atoms with Gasteiger partial charge in [-0.2, -0.15) is 0 Å². The number of benzene rings is 1. The van der Waals surface area contributed by atoms with Gasteiger partial charge in [0.05, 0.1) is 29.5 Å². The average molecular weight is 430 g/mol. The number of anilines is 1. The Hall–Kier alpha value is -1.21. The van der Waals surface area contributed by atoms with Gasteiger partial charge in [-0.05, 0) is 38.8 Å². The van der Waals surface area contributed by atoms with Crippen LogP contribution >= 0.6 is 24.0 Å². The first-order chi connectivity index (χ1) is 13.0. The third-order valence-corrected chi connectivity index (χ3v) is 6.57. The molecule has 3 aliphatic heterocycles. The molecule has 2 bridgehead atoms. The lowest BCUT2D eigenvalue weighted by Gasteiger charge is -2.36. The van der Waals surface area contributed by atoms with E-state index in [0.29, 0.717) is 47.3 Å². The Balaban J connectivity index is 0.00000225. The first kappa shape index (κ1) is 21.5. The Morgan fingerprint density at radius 2 is 1.86 bits per heavy atom. The van der Waals surface area contributed by atoms with Crippen LogP contribution < -0.4 is 15.8 Å². The summed E-state index contributed by atoms with van der Waals surface area (Å²) in [4.78, 5) is 15.5. The summed E-state index contributed by atoms with van der Waals surface area (Å²) >= 11 is 6.20. The second-order valence-corrected chi connectivity index (χ2v) is 8.40. The van der Waals surface area contributed by atoms with E-state index in [9.17, 15) is 4.79 Å². The van der Waals surface area contributed by atoms with Crippen LogP contribution in [-0.4, -0.2) is 55.3 Å². The molecule has 3 N–H and O–H groups in total. The third kappa shape index (κ3) is 4.51. The predicted octanol–water partition coefficient (Wildman–Crippen LogP) is 3.26. The van der Waals surface area contributed by atoms with Gasteiger partial charge in [-0.3, -0.25) is 4.79 Å². The van der Waals surface area contributed by atoms with E-state index in [1.165, 1.54) is 12.8 Å². The topological polar surface area (TPSA) is 76.8 Å². The number of halogens is 2. The van der Waals surface area contributed by atoms with Crippen LogP contribution in [0.25, 0.3) is 0 Å². The molecule has 1 aromatic rings. The summed E-state index contributed by atoms with van der Waals surface area (Å²) in [6.07, 6.45) is 6.09. The molecule has 2 atom stereocenters. The number of hydrogen-bond acceptors (Lipinski definition) is 5. The van der Waals surface area contributed by atoms with E-state index in [4.69, 9.17) is 26.8 Å². The van der Waals surface area contributed by atoms with Crippen LogP contribution in [0.5, 0.6) is 5.75 Å². The van der Waals surface area contributed by atoms with Crippen LogP contribution in [0.4, 0.5) is 5.69 Å². The molecule has 0 saturated carbocycles. The molecule has 0 aromatic heterocycles. The Morgan fingerprint density at radius 3 is 2.50 bits per heavy atom. The molecule has 2 unspecified atom stereocenters. The van der Waals surface area contributed by atoms with Crippen molar-refractivity contribution in [1.29, 1.82) is 0 Å². The fraction of sp³-hybridized carbons (Fsp3) is 0.650. The minimum Gasteiger partial charge on any atom is -0.489 e. The van der Waals surface area contributed by atoms with E-state index in [0.717, 1.165) is 25.7 Å². The zero-order chi connectivity index (χ0) is 19.0. The molecule has 1 amide bonds. The molecule has 0 spiro atoms. The summed E-state index contributed by atoms with van der Waals surface area (Å²) in [5.74, 6) is 0.380. The Morgan fingerprint density at radius 1 is 1.21 bits per heavy atom. The maximum Gasteiger partial charge on any atom is 0.255 e. The number of hydrogen-bond donors (Lipinski definition) is 2. The van der Waals surface area contributed by atoms with Crippen LogP contribution in [-0.2, 0) is 4.74 Å². The molecule has 156 valence electrons. The summed E-state index contributed by atoms with van der Waals surface area (Å²) in [5.41, 5.74) is 6.85. The van der Waals surface area contributed by atoms with Gasteiger partial charge in [0.1, 0.15) is 11.9 Å². The van der Waals surface area contributed by atoms with Crippen molar-refractivity contribution >= 4 is 35.6 Å². The highest BCUT2D eigenvalue weighted by atomic mass is 35.5. The van der Waals surface area contributed by atoms with Gasteiger partial charge in [-0.15, -0.1) is 12.4 Å².